The van der Waals surface area contributed by atoms with Crippen molar-refractivity contribution in [3.63, 3.8) is 0 Å². The van der Waals surface area contributed by atoms with Gasteiger partial charge in [0.1, 0.15) is 5.69 Å². The number of aryl methyl sites for hydroxylation is 1. The van der Waals surface area contributed by atoms with Gasteiger partial charge in [0.25, 0.3) is 5.69 Å². The van der Waals surface area contributed by atoms with Crippen LogP contribution in [0.4, 0.5) is 11.4 Å². The summed E-state index contributed by atoms with van der Waals surface area (Å²) in [6.07, 6.45) is 2.57. The summed E-state index contributed by atoms with van der Waals surface area (Å²) in [5, 5.41) is 14.5. The molecule has 2 aromatic rings. The van der Waals surface area contributed by atoms with Crippen LogP contribution in [0.1, 0.15) is 18.2 Å². The van der Waals surface area contributed by atoms with E-state index in [1.54, 1.807) is 12.3 Å². The molecule has 6 heteroatoms. The molecule has 1 N–H and O–H groups in total. The molecular weight excluding hydrogens is 278 g/mol. The van der Waals surface area contributed by atoms with E-state index >= 15 is 0 Å². The summed E-state index contributed by atoms with van der Waals surface area (Å²) in [6.45, 7) is 2.47. The van der Waals surface area contributed by atoms with Crippen LogP contribution in [0.5, 0.6) is 0 Å². The number of hydrogen-bond donors (Lipinski definition) is 1. The van der Waals surface area contributed by atoms with Gasteiger partial charge in [-0.15, -0.1) is 0 Å². The Bertz CT molecular complexity index is 632. The monoisotopic (exact) mass is 291 g/mol. The zero-order chi connectivity index (χ0) is 14.5. The minimum atomic E-state index is -0.433. The maximum Gasteiger partial charge on any atom is 0.292 e. The highest BCUT2D eigenvalue weighted by Crippen LogP contribution is 2.28. The van der Waals surface area contributed by atoms with Crippen molar-refractivity contribution in [2.75, 3.05) is 5.32 Å². The quantitative estimate of drug-likeness (QED) is 0.672. The molecule has 0 atom stereocenters. The van der Waals surface area contributed by atoms with Crippen molar-refractivity contribution in [2.45, 2.75) is 19.9 Å². The number of aromatic nitrogens is 1. The molecule has 0 saturated carbocycles. The van der Waals surface area contributed by atoms with Gasteiger partial charge in [-0.2, -0.15) is 0 Å². The topological polar surface area (TPSA) is 68.1 Å². The van der Waals surface area contributed by atoms with Crippen LogP contribution >= 0.6 is 11.6 Å². The molecule has 5 nitrogen and oxygen atoms in total. The highest BCUT2D eigenvalue weighted by Gasteiger charge is 2.14. The molecule has 0 unspecified atom stereocenters. The Morgan fingerprint density at radius 1 is 1.40 bits per heavy atom. The molecule has 0 amide bonds. The molecule has 0 bridgehead atoms. The van der Waals surface area contributed by atoms with Crippen LogP contribution < -0.4 is 5.32 Å². The molecule has 104 valence electrons. The summed E-state index contributed by atoms with van der Waals surface area (Å²) in [4.78, 5) is 14.8. The van der Waals surface area contributed by atoms with Crippen molar-refractivity contribution in [1.82, 2.24) is 4.98 Å². The van der Waals surface area contributed by atoms with E-state index < -0.39 is 4.92 Å². The van der Waals surface area contributed by atoms with Gasteiger partial charge in [0.05, 0.1) is 17.2 Å². The van der Waals surface area contributed by atoms with Crippen molar-refractivity contribution >= 4 is 23.0 Å². The van der Waals surface area contributed by atoms with Gasteiger partial charge < -0.3 is 5.32 Å². The SMILES string of the molecule is CCc1cccnc1CNc1cc(Cl)ccc1[N+](=O)[O-]. The Balaban J connectivity index is 2.22. The smallest absolute Gasteiger partial charge is 0.292 e. The van der Waals surface area contributed by atoms with Gasteiger partial charge in [-0.1, -0.05) is 24.6 Å². The maximum atomic E-state index is 11.0. The third kappa shape index (κ3) is 3.24. The van der Waals surface area contributed by atoms with Crippen molar-refractivity contribution in [2.24, 2.45) is 0 Å². The van der Waals surface area contributed by atoms with E-state index in [-0.39, 0.29) is 5.69 Å². The lowest BCUT2D eigenvalue weighted by Gasteiger charge is -2.10. The number of anilines is 1. The van der Waals surface area contributed by atoms with E-state index in [0.29, 0.717) is 17.3 Å². The fourth-order valence-corrected chi connectivity index (χ4v) is 2.11. The molecular formula is C14H14ClN3O2. The summed E-state index contributed by atoms with van der Waals surface area (Å²) >= 11 is 5.88. The standard InChI is InChI=1S/C14H14ClN3O2/c1-2-10-4-3-7-16-13(10)9-17-12-8-11(15)5-6-14(12)18(19)20/h3-8,17H,2,9H2,1H3. The predicted molar refractivity (Wildman–Crippen MR) is 79.0 cm³/mol. The molecule has 0 aliphatic rings. The highest BCUT2D eigenvalue weighted by molar-refractivity contribution is 6.31. The number of nitro groups is 1. The van der Waals surface area contributed by atoms with Gasteiger partial charge in [-0.05, 0) is 30.2 Å². The zero-order valence-corrected chi connectivity index (χ0v) is 11.7. The molecule has 0 fully saturated rings. The van der Waals surface area contributed by atoms with Crippen LogP contribution in [-0.4, -0.2) is 9.91 Å². The van der Waals surface area contributed by atoms with E-state index in [9.17, 15) is 10.1 Å². The second kappa shape index (κ2) is 6.34. The minimum Gasteiger partial charge on any atom is -0.374 e. The van der Waals surface area contributed by atoms with E-state index in [4.69, 9.17) is 11.6 Å². The number of benzene rings is 1. The Morgan fingerprint density at radius 2 is 2.20 bits per heavy atom. The van der Waals surface area contributed by atoms with Crippen molar-refractivity contribution < 1.29 is 4.92 Å². The summed E-state index contributed by atoms with van der Waals surface area (Å²) in [5.74, 6) is 0. The predicted octanol–water partition coefficient (Wildman–Crippen LogP) is 3.82. The van der Waals surface area contributed by atoms with Crippen LogP contribution in [0.15, 0.2) is 36.5 Å². The van der Waals surface area contributed by atoms with Gasteiger partial charge in [0.15, 0.2) is 0 Å². The van der Waals surface area contributed by atoms with Crippen molar-refractivity contribution in [3.8, 4) is 0 Å². The van der Waals surface area contributed by atoms with Crippen molar-refractivity contribution in [1.29, 1.82) is 0 Å². The summed E-state index contributed by atoms with van der Waals surface area (Å²) < 4.78 is 0. The van der Waals surface area contributed by atoms with E-state index in [0.717, 1.165) is 17.7 Å². The molecule has 0 aliphatic heterocycles. The van der Waals surface area contributed by atoms with Gasteiger partial charge in [-0.25, -0.2) is 0 Å². The highest BCUT2D eigenvalue weighted by atomic mass is 35.5. The maximum absolute atomic E-state index is 11.0. The Labute approximate surface area is 121 Å². The zero-order valence-electron chi connectivity index (χ0n) is 11.0. The number of rotatable bonds is 5. The second-order valence-electron chi connectivity index (χ2n) is 4.23. The van der Waals surface area contributed by atoms with Crippen LogP contribution in [0.3, 0.4) is 0 Å². The molecule has 2 rings (SSSR count). The number of nitrogens with one attached hydrogen (secondary N) is 1. The van der Waals surface area contributed by atoms with E-state index in [1.807, 2.05) is 19.1 Å². The fraction of sp³-hybridized carbons (Fsp3) is 0.214. The van der Waals surface area contributed by atoms with E-state index in [2.05, 4.69) is 10.3 Å². The Hall–Kier alpha value is -2.14. The second-order valence-corrected chi connectivity index (χ2v) is 4.67. The molecule has 20 heavy (non-hydrogen) atoms. The van der Waals surface area contributed by atoms with Crippen LogP contribution in [0, 0.1) is 10.1 Å². The first-order chi connectivity index (χ1) is 9.61. The van der Waals surface area contributed by atoms with E-state index in [1.165, 1.54) is 12.1 Å². The number of pyridine rings is 1. The molecule has 0 aliphatic carbocycles. The van der Waals surface area contributed by atoms with Gasteiger partial charge in [0, 0.05) is 17.3 Å². The number of halogens is 1. The average molecular weight is 292 g/mol. The van der Waals surface area contributed by atoms with Gasteiger partial charge >= 0.3 is 0 Å². The van der Waals surface area contributed by atoms with Crippen LogP contribution in [-0.2, 0) is 13.0 Å². The summed E-state index contributed by atoms with van der Waals surface area (Å²) in [6, 6.07) is 8.32. The molecule has 1 heterocycles. The lowest BCUT2D eigenvalue weighted by molar-refractivity contribution is -0.384. The lowest BCUT2D eigenvalue weighted by Crippen LogP contribution is -2.06. The van der Waals surface area contributed by atoms with Crippen LogP contribution in [0.2, 0.25) is 5.02 Å². The largest absolute Gasteiger partial charge is 0.374 e. The average Bonchev–Trinajstić information content (AvgIpc) is 2.45. The first-order valence-corrected chi connectivity index (χ1v) is 6.60. The first-order valence-electron chi connectivity index (χ1n) is 6.22. The fourth-order valence-electron chi connectivity index (χ4n) is 1.94. The lowest BCUT2D eigenvalue weighted by atomic mass is 10.1. The number of nitro benzene ring substituents is 1. The molecule has 0 radical (unpaired) electrons. The summed E-state index contributed by atoms with van der Waals surface area (Å²) in [5.41, 5.74) is 2.40. The molecule has 1 aromatic heterocycles. The molecule has 0 saturated heterocycles. The summed E-state index contributed by atoms with van der Waals surface area (Å²) in [7, 11) is 0. The number of nitrogens with zero attached hydrogens (tertiary/aromatic N) is 2. The first kappa shape index (κ1) is 14.3. The van der Waals surface area contributed by atoms with Crippen LogP contribution in [0.25, 0.3) is 0 Å². The van der Waals surface area contributed by atoms with Gasteiger partial charge in [0.2, 0.25) is 0 Å². The van der Waals surface area contributed by atoms with Gasteiger partial charge in [-0.3, -0.25) is 15.1 Å². The Morgan fingerprint density at radius 3 is 2.90 bits per heavy atom. The normalized spacial score (nSPS) is 10.3. The molecule has 1 aromatic carbocycles. The third-order valence-corrected chi connectivity index (χ3v) is 3.20. The number of hydrogen-bond acceptors (Lipinski definition) is 4. The minimum absolute atomic E-state index is 0.00313. The Kier molecular flexibility index (Phi) is 4.53. The third-order valence-electron chi connectivity index (χ3n) is 2.97. The molecule has 0 spiro atoms. The van der Waals surface area contributed by atoms with Crippen molar-refractivity contribution in [3.05, 3.63) is 62.9 Å².